The summed E-state index contributed by atoms with van der Waals surface area (Å²) in [5.74, 6) is -1.17. The van der Waals surface area contributed by atoms with Crippen LogP contribution in [0.15, 0.2) is 97.1 Å². The van der Waals surface area contributed by atoms with E-state index in [4.69, 9.17) is 0 Å². The van der Waals surface area contributed by atoms with Crippen LogP contribution in [0.1, 0.15) is 22.3 Å². The Labute approximate surface area is 250 Å². The molecule has 8 nitrogen and oxygen atoms in total. The molecular formula is C35H32N4O4. The molecule has 4 amide bonds. The third-order valence-corrected chi connectivity index (χ3v) is 7.95. The van der Waals surface area contributed by atoms with E-state index in [1.807, 2.05) is 123 Å². The molecule has 1 saturated heterocycles. The molecule has 0 unspecified atom stereocenters. The van der Waals surface area contributed by atoms with Crippen LogP contribution in [0.25, 0.3) is 12.2 Å². The largest absolute Gasteiger partial charge is 0.480 e. The molecule has 8 heteroatoms. The average Bonchev–Trinajstić information content (AvgIpc) is 3.19. The number of carbonyl (C=O) groups is 3. The Hall–Kier alpha value is -5.37. The number of amides is 4. The van der Waals surface area contributed by atoms with Gasteiger partial charge in [-0.15, -0.1) is 0 Å². The van der Waals surface area contributed by atoms with Gasteiger partial charge in [0, 0.05) is 13.1 Å². The second-order valence-corrected chi connectivity index (χ2v) is 10.9. The molecule has 2 heterocycles. The zero-order valence-corrected chi connectivity index (χ0v) is 24.1. The molecule has 0 radical (unpaired) electrons. The lowest BCUT2D eigenvalue weighted by Gasteiger charge is -2.42. The highest BCUT2D eigenvalue weighted by Crippen LogP contribution is 2.38. The van der Waals surface area contributed by atoms with Crippen LogP contribution in [-0.4, -0.2) is 58.6 Å². The zero-order chi connectivity index (χ0) is 30.1. The van der Waals surface area contributed by atoms with Crippen molar-refractivity contribution in [2.75, 3.05) is 29.4 Å². The molecule has 4 aromatic carbocycles. The van der Waals surface area contributed by atoms with Gasteiger partial charge in [0.05, 0.1) is 29.3 Å². The fourth-order valence-electron chi connectivity index (χ4n) is 5.60. The van der Waals surface area contributed by atoms with Gasteiger partial charge >= 0.3 is 18.0 Å². The van der Waals surface area contributed by atoms with E-state index in [1.54, 1.807) is 9.80 Å². The maximum atomic E-state index is 14.3. The first-order valence-electron chi connectivity index (χ1n) is 14.2. The van der Waals surface area contributed by atoms with E-state index in [1.165, 1.54) is 9.80 Å². The second-order valence-electron chi connectivity index (χ2n) is 10.9. The highest BCUT2D eigenvalue weighted by molar-refractivity contribution is 6.07. The number of piperazine rings is 1. The number of aryl methyl sites for hydroxylation is 2. The Kier molecular flexibility index (Phi) is 7.42. The molecule has 1 fully saturated rings. The molecule has 1 atom stereocenters. The monoisotopic (exact) mass is 572 g/mol. The minimum absolute atomic E-state index is 0.0610. The molecule has 43 heavy (non-hydrogen) atoms. The van der Waals surface area contributed by atoms with Crippen LogP contribution in [0, 0.1) is 13.8 Å². The number of hydrogen-bond acceptors (Lipinski definition) is 3. The maximum absolute atomic E-state index is 14.3. The van der Waals surface area contributed by atoms with Gasteiger partial charge in [0.2, 0.25) is 0 Å². The predicted molar refractivity (Wildman–Crippen MR) is 169 cm³/mol. The van der Waals surface area contributed by atoms with Gasteiger partial charge in [-0.3, -0.25) is 9.80 Å². The van der Waals surface area contributed by atoms with Crippen molar-refractivity contribution in [1.29, 1.82) is 0 Å². The summed E-state index contributed by atoms with van der Waals surface area (Å²) in [5, 5.41) is 10.4. The van der Waals surface area contributed by atoms with Crippen molar-refractivity contribution in [3.8, 4) is 0 Å². The summed E-state index contributed by atoms with van der Waals surface area (Å²) < 4.78 is 0. The first-order chi connectivity index (χ1) is 20.8. The topological polar surface area (TPSA) is 84.4 Å². The first-order valence-corrected chi connectivity index (χ1v) is 14.2. The highest BCUT2D eigenvalue weighted by atomic mass is 16.4. The third kappa shape index (κ3) is 5.35. The van der Waals surface area contributed by atoms with E-state index >= 15 is 0 Å². The Morgan fingerprint density at radius 1 is 0.698 bits per heavy atom. The predicted octanol–water partition coefficient (Wildman–Crippen LogP) is 7.07. The number of aliphatic carboxylic acids is 1. The number of anilines is 4. The van der Waals surface area contributed by atoms with Crippen LogP contribution >= 0.6 is 0 Å². The lowest BCUT2D eigenvalue weighted by molar-refractivity contribution is -0.143. The zero-order valence-electron chi connectivity index (χ0n) is 24.1. The lowest BCUT2D eigenvalue weighted by atomic mass is 10.1. The van der Waals surface area contributed by atoms with Crippen molar-refractivity contribution in [2.45, 2.75) is 19.9 Å². The Balaban J connectivity index is 1.32. The molecule has 0 spiro atoms. The number of para-hydroxylation sites is 2. The molecule has 2 aliphatic rings. The number of rotatable bonds is 3. The SMILES string of the molecule is Cc1ccc(N(C(=O)N2CCN(C(=O)N3c4ccccc4C=Cc4ccccc43)[C@H](C(=O)O)C2)c2ccc(C)cc2)cc1. The van der Waals surface area contributed by atoms with Crippen molar-refractivity contribution in [1.82, 2.24) is 9.80 Å². The number of fused-ring (bicyclic) bond motifs is 2. The van der Waals surface area contributed by atoms with Gasteiger partial charge < -0.3 is 14.9 Å². The second kappa shape index (κ2) is 11.5. The van der Waals surface area contributed by atoms with Crippen LogP contribution < -0.4 is 9.80 Å². The molecular weight excluding hydrogens is 540 g/mol. The van der Waals surface area contributed by atoms with Gasteiger partial charge in [-0.2, -0.15) is 0 Å². The Bertz CT molecular complexity index is 1620. The van der Waals surface area contributed by atoms with Gasteiger partial charge in [-0.1, -0.05) is 83.9 Å². The molecule has 6 rings (SSSR count). The van der Waals surface area contributed by atoms with Crippen LogP contribution in [-0.2, 0) is 4.79 Å². The summed E-state index contributed by atoms with van der Waals surface area (Å²) in [6, 6.07) is 28.3. The number of carboxylic acid groups (broad SMARTS) is 1. The van der Waals surface area contributed by atoms with Crippen LogP contribution in [0.3, 0.4) is 0 Å². The maximum Gasteiger partial charge on any atom is 0.330 e. The van der Waals surface area contributed by atoms with Crippen LogP contribution in [0.2, 0.25) is 0 Å². The summed E-state index contributed by atoms with van der Waals surface area (Å²) in [6.45, 7) is 4.05. The first kappa shape index (κ1) is 27.8. The Morgan fingerprint density at radius 2 is 1.19 bits per heavy atom. The molecule has 0 aliphatic carbocycles. The summed E-state index contributed by atoms with van der Waals surface area (Å²) in [5.41, 5.74) is 6.50. The summed E-state index contributed by atoms with van der Waals surface area (Å²) in [7, 11) is 0. The van der Waals surface area contributed by atoms with Crippen molar-refractivity contribution in [3.63, 3.8) is 0 Å². The van der Waals surface area contributed by atoms with E-state index in [0.717, 1.165) is 22.3 Å². The van der Waals surface area contributed by atoms with Crippen LogP contribution in [0.5, 0.6) is 0 Å². The van der Waals surface area contributed by atoms with Gasteiger partial charge in [0.1, 0.15) is 6.04 Å². The van der Waals surface area contributed by atoms with Gasteiger partial charge in [-0.25, -0.2) is 14.4 Å². The standard InChI is InChI=1S/C35H32N4O4/c1-24-11-17-28(18-12-24)38(29-19-13-25(2)14-20-29)34(42)36-21-22-37(32(23-36)33(40)41)35(43)39-30-9-5-3-7-26(30)15-16-27-8-4-6-10-31(27)39/h3-20,32H,21-23H2,1-2H3,(H,40,41)/t32-/m0/s1. The molecule has 0 aromatic heterocycles. The Morgan fingerprint density at radius 3 is 1.67 bits per heavy atom. The molecule has 2 aliphatic heterocycles. The number of carbonyl (C=O) groups excluding carboxylic acids is 2. The summed E-state index contributed by atoms with van der Waals surface area (Å²) in [4.78, 5) is 47.2. The normalized spacial score (nSPS) is 15.8. The highest BCUT2D eigenvalue weighted by Gasteiger charge is 2.41. The smallest absolute Gasteiger partial charge is 0.330 e. The summed E-state index contributed by atoms with van der Waals surface area (Å²) >= 11 is 0. The number of benzene rings is 4. The van der Waals surface area contributed by atoms with Crippen molar-refractivity contribution < 1.29 is 19.5 Å². The van der Waals surface area contributed by atoms with Gasteiger partial charge in [-0.05, 0) is 61.4 Å². The van der Waals surface area contributed by atoms with Crippen molar-refractivity contribution in [2.24, 2.45) is 0 Å². The lowest BCUT2D eigenvalue weighted by Crippen LogP contribution is -2.62. The minimum Gasteiger partial charge on any atom is -0.480 e. The molecule has 0 bridgehead atoms. The summed E-state index contributed by atoms with van der Waals surface area (Å²) in [6.07, 6.45) is 3.91. The van der Waals surface area contributed by atoms with Crippen molar-refractivity contribution >= 4 is 52.9 Å². The van der Waals surface area contributed by atoms with Crippen LogP contribution in [0.4, 0.5) is 32.3 Å². The fraction of sp³-hybridized carbons (Fsp3) is 0.171. The third-order valence-electron chi connectivity index (χ3n) is 7.95. The fourth-order valence-corrected chi connectivity index (χ4v) is 5.60. The number of nitrogens with zero attached hydrogens (tertiary/aromatic N) is 4. The molecule has 4 aromatic rings. The van der Waals surface area contributed by atoms with E-state index < -0.39 is 18.0 Å². The molecule has 0 saturated carbocycles. The quantitative estimate of drug-likeness (QED) is 0.285. The van der Waals surface area contributed by atoms with E-state index in [9.17, 15) is 19.5 Å². The van der Waals surface area contributed by atoms with Gasteiger partial charge in [0.15, 0.2) is 0 Å². The minimum atomic E-state index is -1.24. The number of urea groups is 2. The molecule has 216 valence electrons. The van der Waals surface area contributed by atoms with E-state index in [-0.39, 0.29) is 25.7 Å². The average molecular weight is 573 g/mol. The number of hydrogen-bond donors (Lipinski definition) is 1. The van der Waals surface area contributed by atoms with Crippen molar-refractivity contribution in [3.05, 3.63) is 119 Å². The van der Waals surface area contributed by atoms with Gasteiger partial charge in [0.25, 0.3) is 0 Å². The van der Waals surface area contributed by atoms with E-state index in [0.29, 0.717) is 22.7 Å². The number of carboxylic acids is 1. The van der Waals surface area contributed by atoms with E-state index in [2.05, 4.69) is 0 Å². The molecule has 1 N–H and O–H groups in total.